The van der Waals surface area contributed by atoms with Gasteiger partial charge in [-0.3, -0.25) is 18.9 Å². The largest absolute Gasteiger partial charge is 0.506 e. The number of aromatic hydroxyl groups is 1. The van der Waals surface area contributed by atoms with E-state index < -0.39 is 5.82 Å². The summed E-state index contributed by atoms with van der Waals surface area (Å²) in [5, 5.41) is 17.2. The summed E-state index contributed by atoms with van der Waals surface area (Å²) in [5.41, 5.74) is 1.79. The number of benzene rings is 1. The van der Waals surface area contributed by atoms with Gasteiger partial charge in [-0.15, -0.1) is 0 Å². The van der Waals surface area contributed by atoms with Crippen LogP contribution in [0.2, 0.25) is 0 Å². The number of carbonyl (C=O) groups is 1. The fraction of sp³-hybridized carbons (Fsp3) is 0.412. The molecule has 6 nitrogen and oxygen atoms in total. The van der Waals surface area contributed by atoms with Gasteiger partial charge in [0.1, 0.15) is 18.0 Å². The Balaban J connectivity index is 1.55. The SMILES string of the molecule is O=C1CN(c2c(O)ccc(-c3cc(CCCC4CC4)[nH]n3)c2F)SN1. The second-order valence-electron chi connectivity index (χ2n) is 6.56. The summed E-state index contributed by atoms with van der Waals surface area (Å²) in [4.78, 5) is 11.4. The van der Waals surface area contributed by atoms with Crippen molar-refractivity contribution in [3.8, 4) is 17.0 Å². The Morgan fingerprint density at radius 2 is 2.24 bits per heavy atom. The topological polar surface area (TPSA) is 81.2 Å². The minimum absolute atomic E-state index is 0.000802. The standard InChI is InChI=1S/C17H19FN4O2S/c18-16-12(6-7-14(23)17(16)22-9-15(24)21-25-22)13-8-11(19-20-13)3-1-2-10-4-5-10/h6-8,10,23H,1-5,9H2,(H,19,20)(H,21,24). The van der Waals surface area contributed by atoms with E-state index in [1.54, 1.807) is 0 Å². The fourth-order valence-corrected chi connectivity index (χ4v) is 3.75. The monoisotopic (exact) mass is 362 g/mol. The van der Waals surface area contributed by atoms with E-state index in [0.717, 1.165) is 36.6 Å². The number of aromatic nitrogens is 2. The zero-order valence-electron chi connectivity index (χ0n) is 13.6. The Labute approximate surface area is 149 Å². The number of aromatic amines is 1. The minimum atomic E-state index is -0.583. The Morgan fingerprint density at radius 1 is 1.40 bits per heavy atom. The lowest BCUT2D eigenvalue weighted by Gasteiger charge is -2.17. The van der Waals surface area contributed by atoms with Crippen LogP contribution in [0, 0.1) is 11.7 Å². The number of aryl methyl sites for hydroxylation is 1. The maximum Gasteiger partial charge on any atom is 0.251 e. The van der Waals surface area contributed by atoms with E-state index in [0.29, 0.717) is 11.3 Å². The van der Waals surface area contributed by atoms with Gasteiger partial charge in [0.15, 0.2) is 5.82 Å². The molecular formula is C17H19FN4O2S. The number of H-pyrrole nitrogens is 1. The number of nitrogens with one attached hydrogen (secondary N) is 2. The van der Waals surface area contributed by atoms with Crippen molar-refractivity contribution in [1.82, 2.24) is 14.9 Å². The highest BCUT2D eigenvalue weighted by molar-refractivity contribution is 7.99. The van der Waals surface area contributed by atoms with Crippen LogP contribution in [0.15, 0.2) is 18.2 Å². The molecule has 2 fully saturated rings. The maximum atomic E-state index is 15.0. The highest BCUT2D eigenvalue weighted by Gasteiger charge is 2.28. The lowest BCUT2D eigenvalue weighted by Crippen LogP contribution is -2.16. The summed E-state index contributed by atoms with van der Waals surface area (Å²) in [6, 6.07) is 4.79. The number of halogens is 1. The van der Waals surface area contributed by atoms with E-state index in [4.69, 9.17) is 0 Å². The molecule has 132 valence electrons. The predicted octanol–water partition coefficient (Wildman–Crippen LogP) is 3.15. The normalized spacial score (nSPS) is 17.2. The van der Waals surface area contributed by atoms with Gasteiger partial charge in [0, 0.05) is 11.3 Å². The summed E-state index contributed by atoms with van der Waals surface area (Å²) in [6.07, 6.45) is 5.94. The lowest BCUT2D eigenvalue weighted by atomic mass is 10.1. The molecule has 8 heteroatoms. The molecule has 4 rings (SSSR count). The molecular weight excluding hydrogens is 343 g/mol. The molecule has 1 saturated heterocycles. The van der Waals surface area contributed by atoms with Crippen molar-refractivity contribution in [3.63, 3.8) is 0 Å². The van der Waals surface area contributed by atoms with Gasteiger partial charge < -0.3 is 5.11 Å². The number of anilines is 1. The number of hydrogen-bond donors (Lipinski definition) is 3. The molecule has 0 radical (unpaired) electrons. The van der Waals surface area contributed by atoms with Crippen molar-refractivity contribution in [3.05, 3.63) is 29.7 Å². The summed E-state index contributed by atoms with van der Waals surface area (Å²) in [6.45, 7) is -0.00835. The highest BCUT2D eigenvalue weighted by atomic mass is 32.2. The van der Waals surface area contributed by atoms with Gasteiger partial charge in [0.05, 0.1) is 17.8 Å². The zero-order valence-corrected chi connectivity index (χ0v) is 14.4. The van der Waals surface area contributed by atoms with Crippen molar-refractivity contribution >= 4 is 23.7 Å². The second-order valence-corrected chi connectivity index (χ2v) is 7.39. The Morgan fingerprint density at radius 3 is 2.96 bits per heavy atom. The number of phenols is 1. The molecule has 3 N–H and O–H groups in total. The third-order valence-corrected chi connectivity index (χ3v) is 5.41. The van der Waals surface area contributed by atoms with Gasteiger partial charge in [-0.25, -0.2) is 4.39 Å². The molecule has 0 unspecified atom stereocenters. The first kappa shape index (κ1) is 16.3. The lowest BCUT2D eigenvalue weighted by molar-refractivity contribution is -0.117. The molecule has 1 amide bonds. The molecule has 2 aliphatic rings. The average Bonchev–Trinajstić information content (AvgIpc) is 3.12. The second kappa shape index (κ2) is 6.59. The van der Waals surface area contributed by atoms with E-state index >= 15 is 0 Å². The van der Waals surface area contributed by atoms with Crippen LogP contribution in [-0.2, 0) is 11.2 Å². The summed E-state index contributed by atoms with van der Waals surface area (Å²) in [7, 11) is 0. The van der Waals surface area contributed by atoms with Crippen LogP contribution in [0.5, 0.6) is 5.75 Å². The molecule has 0 atom stereocenters. The molecule has 1 saturated carbocycles. The van der Waals surface area contributed by atoms with E-state index in [2.05, 4.69) is 14.9 Å². The summed E-state index contributed by atoms with van der Waals surface area (Å²) >= 11 is 0.966. The Hall–Kier alpha value is -2.22. The van der Waals surface area contributed by atoms with Crippen LogP contribution in [-0.4, -0.2) is 27.8 Å². The number of rotatable bonds is 6. The van der Waals surface area contributed by atoms with Crippen molar-refractivity contribution in [2.45, 2.75) is 32.1 Å². The molecule has 0 bridgehead atoms. The first-order valence-corrected chi connectivity index (χ1v) is 9.18. The number of nitrogens with zero attached hydrogens (tertiary/aromatic N) is 2. The van der Waals surface area contributed by atoms with E-state index in [-0.39, 0.29) is 23.9 Å². The molecule has 2 heterocycles. The first-order chi connectivity index (χ1) is 12.1. The molecule has 25 heavy (non-hydrogen) atoms. The van der Waals surface area contributed by atoms with E-state index in [1.807, 2.05) is 6.07 Å². The van der Waals surface area contributed by atoms with Crippen LogP contribution < -0.4 is 9.03 Å². The molecule has 1 aromatic carbocycles. The molecule has 0 spiro atoms. The Kier molecular flexibility index (Phi) is 4.29. The Bertz CT molecular complexity index is 806. The van der Waals surface area contributed by atoms with Crippen LogP contribution in [0.1, 0.15) is 31.4 Å². The van der Waals surface area contributed by atoms with Crippen molar-refractivity contribution in [2.24, 2.45) is 5.92 Å². The van der Waals surface area contributed by atoms with E-state index in [9.17, 15) is 14.3 Å². The van der Waals surface area contributed by atoms with E-state index in [1.165, 1.54) is 35.7 Å². The van der Waals surface area contributed by atoms with Gasteiger partial charge in [0.2, 0.25) is 0 Å². The van der Waals surface area contributed by atoms with Crippen LogP contribution >= 0.6 is 12.1 Å². The van der Waals surface area contributed by atoms with Crippen molar-refractivity contribution in [2.75, 3.05) is 10.8 Å². The van der Waals surface area contributed by atoms with Gasteiger partial charge in [0.25, 0.3) is 5.91 Å². The molecule has 1 aromatic heterocycles. The van der Waals surface area contributed by atoms with Crippen molar-refractivity contribution < 1.29 is 14.3 Å². The zero-order chi connectivity index (χ0) is 17.4. The summed E-state index contributed by atoms with van der Waals surface area (Å²) < 4.78 is 18.9. The minimum Gasteiger partial charge on any atom is -0.506 e. The third-order valence-electron chi connectivity index (χ3n) is 4.56. The van der Waals surface area contributed by atoms with Crippen LogP contribution in [0.4, 0.5) is 10.1 Å². The average molecular weight is 362 g/mol. The molecule has 1 aliphatic carbocycles. The number of carbonyl (C=O) groups excluding carboxylic acids is 1. The van der Waals surface area contributed by atoms with Gasteiger partial charge in [-0.05, 0) is 37.0 Å². The van der Waals surface area contributed by atoms with Crippen LogP contribution in [0.25, 0.3) is 11.3 Å². The summed E-state index contributed by atoms with van der Waals surface area (Å²) in [5.74, 6) is -0.119. The number of amides is 1. The fourth-order valence-electron chi connectivity index (χ4n) is 3.03. The third kappa shape index (κ3) is 3.44. The van der Waals surface area contributed by atoms with Crippen molar-refractivity contribution in [1.29, 1.82) is 0 Å². The van der Waals surface area contributed by atoms with Gasteiger partial charge >= 0.3 is 0 Å². The quantitative estimate of drug-likeness (QED) is 0.688. The number of phenolic OH excluding ortho intramolecular Hbond substituents is 1. The molecule has 1 aliphatic heterocycles. The number of hydrogen-bond acceptors (Lipinski definition) is 5. The first-order valence-electron chi connectivity index (χ1n) is 8.41. The maximum absolute atomic E-state index is 15.0. The highest BCUT2D eigenvalue weighted by Crippen LogP contribution is 2.39. The smallest absolute Gasteiger partial charge is 0.251 e. The van der Waals surface area contributed by atoms with Gasteiger partial charge in [-0.2, -0.15) is 5.10 Å². The predicted molar refractivity (Wildman–Crippen MR) is 94.4 cm³/mol. The van der Waals surface area contributed by atoms with Gasteiger partial charge in [-0.1, -0.05) is 19.3 Å². The van der Waals surface area contributed by atoms with Crippen LogP contribution in [0.3, 0.4) is 0 Å². The molecule has 2 aromatic rings.